The summed E-state index contributed by atoms with van der Waals surface area (Å²) in [6.07, 6.45) is 4.42. The monoisotopic (exact) mass is 516 g/mol. The second-order valence-corrected chi connectivity index (χ2v) is 8.83. The normalized spacial score (nSPS) is 11.6. The van der Waals surface area contributed by atoms with Gasteiger partial charge >= 0.3 is 6.09 Å². The molecule has 0 aliphatic heterocycles. The van der Waals surface area contributed by atoms with Gasteiger partial charge in [0.15, 0.2) is 5.76 Å². The molecule has 2 aromatic carbocycles. The minimum atomic E-state index is -0.561. The summed E-state index contributed by atoms with van der Waals surface area (Å²) in [5.74, 6) is 1.28. The van der Waals surface area contributed by atoms with E-state index < -0.39 is 12.1 Å². The second kappa shape index (κ2) is 13.2. The molecule has 2 heterocycles. The number of nitrogens with one attached hydrogen (secondary N) is 2. The highest BCUT2D eigenvalue weighted by Gasteiger charge is 2.23. The molecule has 38 heavy (non-hydrogen) atoms. The van der Waals surface area contributed by atoms with Crippen LogP contribution in [0, 0.1) is 0 Å². The number of pyridine rings is 1. The summed E-state index contributed by atoms with van der Waals surface area (Å²) < 4.78 is 17.1. The van der Waals surface area contributed by atoms with Gasteiger partial charge in [-0.3, -0.25) is 4.79 Å². The minimum Gasteiger partial charge on any atom is -0.480 e. The maximum atomic E-state index is 12.7. The van der Waals surface area contributed by atoms with E-state index in [1.807, 2.05) is 60.7 Å². The fourth-order valence-corrected chi connectivity index (χ4v) is 4.10. The lowest BCUT2D eigenvalue weighted by molar-refractivity contribution is -0.120. The highest BCUT2D eigenvalue weighted by molar-refractivity contribution is 5.85. The number of rotatable bonds is 12. The first-order valence-corrected chi connectivity index (χ1v) is 12.6. The quantitative estimate of drug-likeness (QED) is 0.237. The number of hydrogen-bond acceptors (Lipinski definition) is 7. The SMILES string of the molecule is CNC(=O)CCCCCC(NC(=O)OCc1ccccc1)c1ncc(-c2cc3ccccc3nc2OC)o1. The molecule has 198 valence electrons. The van der Waals surface area contributed by atoms with Crippen molar-refractivity contribution in [3.63, 3.8) is 0 Å². The lowest BCUT2D eigenvalue weighted by Gasteiger charge is -2.16. The summed E-state index contributed by atoms with van der Waals surface area (Å²) in [5, 5.41) is 6.47. The first kappa shape index (κ1) is 26.7. The van der Waals surface area contributed by atoms with Crippen molar-refractivity contribution in [2.45, 2.75) is 44.8 Å². The van der Waals surface area contributed by atoms with Crippen LogP contribution in [0.5, 0.6) is 5.88 Å². The third kappa shape index (κ3) is 7.09. The van der Waals surface area contributed by atoms with Crippen molar-refractivity contribution < 1.29 is 23.5 Å². The highest BCUT2D eigenvalue weighted by atomic mass is 16.5. The van der Waals surface area contributed by atoms with E-state index in [-0.39, 0.29) is 12.5 Å². The minimum absolute atomic E-state index is 0.0134. The molecule has 0 fully saturated rings. The largest absolute Gasteiger partial charge is 0.480 e. The van der Waals surface area contributed by atoms with E-state index in [1.165, 1.54) is 0 Å². The van der Waals surface area contributed by atoms with Crippen LogP contribution in [-0.4, -0.2) is 36.1 Å². The molecule has 0 saturated carbocycles. The number of para-hydroxylation sites is 1. The Labute approximate surface area is 221 Å². The van der Waals surface area contributed by atoms with Gasteiger partial charge in [0.1, 0.15) is 12.6 Å². The Hall–Kier alpha value is -4.40. The zero-order chi connectivity index (χ0) is 26.7. The molecule has 4 aromatic rings. The van der Waals surface area contributed by atoms with Crippen molar-refractivity contribution in [1.82, 2.24) is 20.6 Å². The van der Waals surface area contributed by atoms with E-state index in [2.05, 4.69) is 20.6 Å². The number of carbonyl (C=O) groups excluding carboxylic acids is 2. The Balaban J connectivity index is 1.49. The third-order valence-electron chi connectivity index (χ3n) is 6.15. The Morgan fingerprint density at radius 3 is 2.61 bits per heavy atom. The van der Waals surface area contributed by atoms with E-state index in [0.717, 1.165) is 35.7 Å². The summed E-state index contributed by atoms with van der Waals surface area (Å²) in [5.41, 5.74) is 2.37. The average Bonchev–Trinajstić information content (AvgIpc) is 3.45. The Bertz CT molecular complexity index is 1360. The number of oxazole rings is 1. The molecule has 2 aromatic heterocycles. The molecule has 2 N–H and O–H groups in total. The number of aromatic nitrogens is 2. The summed E-state index contributed by atoms with van der Waals surface area (Å²) in [6, 6.07) is 18.7. The molecule has 1 atom stereocenters. The molecular weight excluding hydrogens is 484 g/mol. The van der Waals surface area contributed by atoms with E-state index in [0.29, 0.717) is 35.9 Å². The highest BCUT2D eigenvalue weighted by Crippen LogP contribution is 2.33. The molecule has 9 heteroatoms. The number of benzene rings is 2. The molecule has 0 spiro atoms. The van der Waals surface area contributed by atoms with Crippen LogP contribution < -0.4 is 15.4 Å². The van der Waals surface area contributed by atoms with Crippen LogP contribution in [0.2, 0.25) is 0 Å². The standard InChI is InChI=1S/C29H32N4O5/c1-30-26(34)16-8-4-7-15-24(33-29(35)37-19-20-11-5-3-6-12-20)28-31-18-25(38-28)22-17-21-13-9-10-14-23(21)32-27(22)36-2/h3,5-6,9-14,17-18,24H,4,7-8,15-16,19H2,1-2H3,(H,30,34)(H,33,35). The number of fused-ring (bicyclic) bond motifs is 1. The predicted molar refractivity (Wildman–Crippen MR) is 143 cm³/mol. The van der Waals surface area contributed by atoms with Crippen LogP contribution in [0.1, 0.15) is 49.6 Å². The zero-order valence-corrected chi connectivity index (χ0v) is 21.6. The lowest BCUT2D eigenvalue weighted by atomic mass is 10.1. The Kier molecular flexibility index (Phi) is 9.28. The molecule has 4 rings (SSSR count). The van der Waals surface area contributed by atoms with Gasteiger partial charge in [-0.1, -0.05) is 61.4 Å². The number of alkyl carbamates (subject to hydrolysis) is 1. The van der Waals surface area contributed by atoms with Crippen molar-refractivity contribution in [2.75, 3.05) is 14.2 Å². The van der Waals surface area contributed by atoms with Gasteiger partial charge in [-0.15, -0.1) is 0 Å². The number of carbonyl (C=O) groups is 2. The van der Waals surface area contributed by atoms with Gasteiger partial charge in [0.2, 0.25) is 17.7 Å². The smallest absolute Gasteiger partial charge is 0.408 e. The molecule has 2 amide bonds. The third-order valence-corrected chi connectivity index (χ3v) is 6.15. The number of unbranched alkanes of at least 4 members (excludes halogenated alkanes) is 2. The maximum Gasteiger partial charge on any atom is 0.408 e. The molecule has 0 radical (unpaired) electrons. The summed E-state index contributed by atoms with van der Waals surface area (Å²) in [6.45, 7) is 0.155. The van der Waals surface area contributed by atoms with Gasteiger partial charge in [-0.05, 0) is 30.5 Å². The van der Waals surface area contributed by atoms with Crippen molar-refractivity contribution in [2.24, 2.45) is 0 Å². The van der Waals surface area contributed by atoms with Gasteiger partial charge in [0, 0.05) is 18.9 Å². The number of hydrogen-bond donors (Lipinski definition) is 2. The fraction of sp³-hybridized carbons (Fsp3) is 0.310. The van der Waals surface area contributed by atoms with Crippen LogP contribution in [0.15, 0.2) is 71.3 Å². The molecule has 0 saturated heterocycles. The topological polar surface area (TPSA) is 116 Å². The van der Waals surface area contributed by atoms with Crippen LogP contribution in [0.3, 0.4) is 0 Å². The van der Waals surface area contributed by atoms with Gasteiger partial charge < -0.3 is 24.5 Å². The Morgan fingerprint density at radius 1 is 1.03 bits per heavy atom. The van der Waals surface area contributed by atoms with Gasteiger partial charge in [0.05, 0.1) is 24.4 Å². The van der Waals surface area contributed by atoms with Crippen LogP contribution in [0.4, 0.5) is 4.79 Å². The zero-order valence-electron chi connectivity index (χ0n) is 21.6. The van der Waals surface area contributed by atoms with Crippen molar-refractivity contribution in [3.8, 4) is 17.2 Å². The van der Waals surface area contributed by atoms with Crippen molar-refractivity contribution >= 4 is 22.9 Å². The van der Waals surface area contributed by atoms with Crippen molar-refractivity contribution in [3.05, 3.63) is 78.3 Å². The van der Waals surface area contributed by atoms with E-state index in [1.54, 1.807) is 20.4 Å². The number of nitrogens with zero attached hydrogens (tertiary/aromatic N) is 2. The number of methoxy groups -OCH3 is 1. The van der Waals surface area contributed by atoms with Crippen LogP contribution in [-0.2, 0) is 16.1 Å². The first-order chi connectivity index (χ1) is 18.6. The van der Waals surface area contributed by atoms with E-state index in [9.17, 15) is 9.59 Å². The molecule has 9 nitrogen and oxygen atoms in total. The molecule has 1 unspecified atom stereocenters. The Morgan fingerprint density at radius 2 is 1.82 bits per heavy atom. The average molecular weight is 517 g/mol. The molecule has 0 aliphatic rings. The summed E-state index contributed by atoms with van der Waals surface area (Å²) in [4.78, 5) is 33.2. The van der Waals surface area contributed by atoms with Gasteiger partial charge in [0.25, 0.3) is 0 Å². The number of amides is 2. The number of ether oxygens (including phenoxy) is 2. The fourth-order valence-electron chi connectivity index (χ4n) is 4.10. The summed E-state index contributed by atoms with van der Waals surface area (Å²) in [7, 11) is 3.19. The lowest BCUT2D eigenvalue weighted by Crippen LogP contribution is -2.29. The molecule has 0 bridgehead atoms. The molecule has 0 aliphatic carbocycles. The van der Waals surface area contributed by atoms with E-state index >= 15 is 0 Å². The maximum absolute atomic E-state index is 12.7. The first-order valence-electron chi connectivity index (χ1n) is 12.6. The van der Waals surface area contributed by atoms with E-state index in [4.69, 9.17) is 13.9 Å². The summed E-state index contributed by atoms with van der Waals surface area (Å²) >= 11 is 0. The van der Waals surface area contributed by atoms with Crippen molar-refractivity contribution in [1.29, 1.82) is 0 Å². The molecular formula is C29H32N4O5. The second-order valence-electron chi connectivity index (χ2n) is 8.83. The van der Waals surface area contributed by atoms with Crippen LogP contribution in [0.25, 0.3) is 22.2 Å². The van der Waals surface area contributed by atoms with Gasteiger partial charge in [-0.2, -0.15) is 0 Å². The van der Waals surface area contributed by atoms with Crippen LogP contribution >= 0.6 is 0 Å². The van der Waals surface area contributed by atoms with Gasteiger partial charge in [-0.25, -0.2) is 14.8 Å². The predicted octanol–water partition coefficient (Wildman–Crippen LogP) is 5.56.